The largest absolute Gasteiger partial charge is 0.339 e. The van der Waals surface area contributed by atoms with Gasteiger partial charge in [0.25, 0.3) is 11.8 Å². The van der Waals surface area contributed by atoms with Crippen molar-refractivity contribution in [3.63, 3.8) is 0 Å². The molecule has 5 nitrogen and oxygen atoms in total. The Balaban J connectivity index is 1.47. The lowest BCUT2D eigenvalue weighted by Crippen LogP contribution is -2.48. The highest BCUT2D eigenvalue weighted by Crippen LogP contribution is 2.28. The van der Waals surface area contributed by atoms with E-state index >= 15 is 0 Å². The van der Waals surface area contributed by atoms with Crippen LogP contribution in [-0.4, -0.2) is 59.0 Å². The summed E-state index contributed by atoms with van der Waals surface area (Å²) in [6.07, 6.45) is 6.20. The fourth-order valence-corrected chi connectivity index (χ4v) is 5.11. The molecule has 0 radical (unpaired) electrons. The number of likely N-dealkylation sites (tertiary alicyclic amines) is 1. The predicted octanol–water partition coefficient (Wildman–Crippen LogP) is 5.04. The van der Waals surface area contributed by atoms with Gasteiger partial charge in [0.15, 0.2) is 0 Å². The second-order valence-corrected chi connectivity index (χ2v) is 9.63. The van der Waals surface area contributed by atoms with Crippen molar-refractivity contribution in [1.29, 1.82) is 0 Å². The van der Waals surface area contributed by atoms with E-state index in [4.69, 9.17) is 0 Å². The summed E-state index contributed by atoms with van der Waals surface area (Å²) in [5.41, 5.74) is 2.41. The van der Waals surface area contributed by atoms with Gasteiger partial charge in [-0.15, -0.1) is 11.8 Å². The Kier molecular flexibility index (Phi) is 8.01. The Labute approximate surface area is 206 Å². The van der Waals surface area contributed by atoms with Crippen LogP contribution < -0.4 is 0 Å². The molecule has 1 fully saturated rings. The number of piperidine rings is 1. The molecule has 2 aromatic carbocycles. The van der Waals surface area contributed by atoms with Gasteiger partial charge in [0.05, 0.1) is 0 Å². The molecule has 1 aliphatic heterocycles. The molecule has 1 aliphatic rings. The maximum absolute atomic E-state index is 13.2. The van der Waals surface area contributed by atoms with E-state index in [1.54, 1.807) is 24.0 Å². The molecule has 1 saturated heterocycles. The molecule has 0 saturated carbocycles. The van der Waals surface area contributed by atoms with E-state index < -0.39 is 0 Å². The molecule has 34 heavy (non-hydrogen) atoms. The number of rotatable bonds is 7. The van der Waals surface area contributed by atoms with Crippen LogP contribution >= 0.6 is 11.8 Å². The van der Waals surface area contributed by atoms with Crippen LogP contribution in [0.1, 0.15) is 39.3 Å². The zero-order valence-corrected chi connectivity index (χ0v) is 20.6. The molecule has 4 rings (SSSR count). The standard InChI is InChI=1S/C28H31N3O2S/c1-30(28(33)25-10-6-7-17-29-25)26(20-21-8-4-3-5-9-21)22-15-18-31(19-16-22)27(32)23-11-13-24(34-2)14-12-23/h3-14,17,22,26H,15-16,18-20H2,1-2H3/t26-/m1/s1. The normalized spacial score (nSPS) is 15.1. The minimum Gasteiger partial charge on any atom is -0.339 e. The SMILES string of the molecule is CSc1ccc(C(=O)N2CCC([C@@H](Cc3ccccc3)N(C)C(=O)c3ccccn3)CC2)cc1. The second-order valence-electron chi connectivity index (χ2n) is 8.75. The number of aromatic nitrogens is 1. The summed E-state index contributed by atoms with van der Waals surface area (Å²) >= 11 is 1.67. The smallest absolute Gasteiger partial charge is 0.272 e. The van der Waals surface area contributed by atoms with Gasteiger partial charge in [0, 0.05) is 42.8 Å². The van der Waals surface area contributed by atoms with Crippen molar-refractivity contribution < 1.29 is 9.59 Å². The molecule has 1 atom stereocenters. The van der Waals surface area contributed by atoms with E-state index in [0.717, 1.165) is 29.7 Å². The predicted molar refractivity (Wildman–Crippen MR) is 137 cm³/mol. The number of nitrogens with zero attached hydrogens (tertiary/aromatic N) is 3. The van der Waals surface area contributed by atoms with E-state index in [0.29, 0.717) is 24.7 Å². The minimum absolute atomic E-state index is 0.0371. The van der Waals surface area contributed by atoms with E-state index in [9.17, 15) is 9.59 Å². The number of carbonyl (C=O) groups is 2. The molecule has 2 heterocycles. The summed E-state index contributed by atoms with van der Waals surface area (Å²) in [6, 6.07) is 23.6. The fraction of sp³-hybridized carbons (Fsp3) is 0.321. The summed E-state index contributed by atoms with van der Waals surface area (Å²) in [5, 5.41) is 0. The van der Waals surface area contributed by atoms with Gasteiger partial charge in [-0.3, -0.25) is 14.6 Å². The van der Waals surface area contributed by atoms with Gasteiger partial charge in [0.1, 0.15) is 5.69 Å². The Morgan fingerprint density at radius 3 is 2.29 bits per heavy atom. The first kappa shape index (κ1) is 24.0. The van der Waals surface area contributed by atoms with E-state index in [2.05, 4.69) is 17.1 Å². The molecular weight excluding hydrogens is 442 g/mol. The van der Waals surface area contributed by atoms with Crippen molar-refractivity contribution in [3.05, 3.63) is 95.8 Å². The summed E-state index contributed by atoms with van der Waals surface area (Å²) in [6.45, 7) is 1.40. The molecule has 1 aromatic heterocycles. The van der Waals surface area contributed by atoms with E-state index in [1.807, 2.05) is 77.7 Å². The fourth-order valence-electron chi connectivity index (χ4n) is 4.70. The number of hydrogen-bond acceptors (Lipinski definition) is 4. The van der Waals surface area contributed by atoms with Crippen LogP contribution in [0.3, 0.4) is 0 Å². The molecular formula is C28H31N3O2S. The molecule has 3 aromatic rings. The lowest BCUT2D eigenvalue weighted by atomic mass is 9.84. The van der Waals surface area contributed by atoms with E-state index in [-0.39, 0.29) is 17.9 Å². The Morgan fingerprint density at radius 1 is 1.00 bits per heavy atom. The Bertz CT molecular complexity index is 1080. The van der Waals surface area contributed by atoms with Gasteiger partial charge in [-0.05, 0) is 73.4 Å². The van der Waals surface area contributed by atoms with Gasteiger partial charge in [-0.2, -0.15) is 0 Å². The zero-order chi connectivity index (χ0) is 23.9. The first-order valence-electron chi connectivity index (χ1n) is 11.7. The van der Waals surface area contributed by atoms with Crippen molar-refractivity contribution in [1.82, 2.24) is 14.8 Å². The summed E-state index contributed by atoms with van der Waals surface area (Å²) in [4.78, 5) is 35.5. The highest BCUT2D eigenvalue weighted by atomic mass is 32.2. The number of carbonyl (C=O) groups excluding carboxylic acids is 2. The summed E-state index contributed by atoms with van der Waals surface area (Å²) in [5.74, 6) is 0.332. The average Bonchev–Trinajstić information content (AvgIpc) is 2.92. The third kappa shape index (κ3) is 5.68. The van der Waals surface area contributed by atoms with Crippen LogP contribution in [0.5, 0.6) is 0 Å². The molecule has 0 unspecified atom stereocenters. The monoisotopic (exact) mass is 473 g/mol. The van der Waals surface area contributed by atoms with Gasteiger partial charge in [-0.25, -0.2) is 0 Å². The van der Waals surface area contributed by atoms with Gasteiger partial charge in [-0.1, -0.05) is 36.4 Å². The van der Waals surface area contributed by atoms with Crippen molar-refractivity contribution in [3.8, 4) is 0 Å². The number of thioether (sulfide) groups is 1. The first-order chi connectivity index (χ1) is 16.6. The maximum Gasteiger partial charge on any atom is 0.272 e. The Hall–Kier alpha value is -3.12. The first-order valence-corrected chi connectivity index (χ1v) is 12.9. The number of benzene rings is 2. The summed E-state index contributed by atoms with van der Waals surface area (Å²) in [7, 11) is 1.88. The van der Waals surface area contributed by atoms with E-state index in [1.165, 1.54) is 5.56 Å². The van der Waals surface area contributed by atoms with Crippen LogP contribution in [0.2, 0.25) is 0 Å². The molecule has 0 aliphatic carbocycles. The third-order valence-corrected chi connectivity index (χ3v) is 7.44. The summed E-state index contributed by atoms with van der Waals surface area (Å²) < 4.78 is 0. The van der Waals surface area contributed by atoms with Crippen LogP contribution in [-0.2, 0) is 6.42 Å². The third-order valence-electron chi connectivity index (χ3n) is 6.70. The second kappa shape index (κ2) is 11.3. The average molecular weight is 474 g/mol. The topological polar surface area (TPSA) is 53.5 Å². The zero-order valence-electron chi connectivity index (χ0n) is 19.8. The van der Waals surface area contributed by atoms with Gasteiger partial charge >= 0.3 is 0 Å². The highest BCUT2D eigenvalue weighted by molar-refractivity contribution is 7.98. The van der Waals surface area contributed by atoms with Crippen LogP contribution in [0.15, 0.2) is 83.9 Å². The van der Waals surface area contributed by atoms with Crippen molar-refractivity contribution >= 4 is 23.6 Å². The van der Waals surface area contributed by atoms with Gasteiger partial charge < -0.3 is 9.80 Å². The van der Waals surface area contributed by atoms with Crippen LogP contribution in [0.4, 0.5) is 0 Å². The molecule has 0 N–H and O–H groups in total. The van der Waals surface area contributed by atoms with Crippen molar-refractivity contribution in [2.45, 2.75) is 30.2 Å². The maximum atomic E-state index is 13.2. The molecule has 6 heteroatoms. The van der Waals surface area contributed by atoms with Crippen LogP contribution in [0, 0.1) is 5.92 Å². The van der Waals surface area contributed by atoms with Crippen molar-refractivity contribution in [2.75, 3.05) is 26.4 Å². The van der Waals surface area contributed by atoms with Gasteiger partial charge in [0.2, 0.25) is 0 Å². The highest BCUT2D eigenvalue weighted by Gasteiger charge is 2.33. The van der Waals surface area contributed by atoms with Crippen LogP contribution in [0.25, 0.3) is 0 Å². The number of hydrogen-bond donors (Lipinski definition) is 0. The molecule has 0 spiro atoms. The minimum atomic E-state index is -0.0612. The lowest BCUT2D eigenvalue weighted by Gasteiger charge is -2.40. The number of pyridine rings is 1. The van der Waals surface area contributed by atoms with Crippen molar-refractivity contribution in [2.24, 2.45) is 5.92 Å². The Morgan fingerprint density at radius 2 is 1.68 bits per heavy atom. The molecule has 0 bridgehead atoms. The molecule has 2 amide bonds. The lowest BCUT2D eigenvalue weighted by molar-refractivity contribution is 0.0519. The molecule has 176 valence electrons. The number of amides is 2. The quantitative estimate of drug-likeness (QED) is 0.451. The number of likely N-dealkylation sites (N-methyl/N-ethyl adjacent to an activating group) is 1.